The quantitative estimate of drug-likeness (QED) is 0.629. The van der Waals surface area contributed by atoms with E-state index in [1.165, 1.54) is 11.1 Å². The summed E-state index contributed by atoms with van der Waals surface area (Å²) in [6.07, 6.45) is 3.98. The number of aryl methyl sites for hydroxylation is 2. The standard InChI is InChI=1S/C18H24/c1-7-16-13-14(2)12-15(3)17(16)10-8-9-11-18(4,5)6/h7,12-13H,1,9,11H2,2-6H3. The molecule has 0 aliphatic carbocycles. The van der Waals surface area contributed by atoms with E-state index >= 15 is 0 Å². The molecule has 0 heteroatoms. The van der Waals surface area contributed by atoms with Gasteiger partial charge in [0.2, 0.25) is 0 Å². The van der Waals surface area contributed by atoms with E-state index in [1.807, 2.05) is 6.08 Å². The van der Waals surface area contributed by atoms with Crippen LogP contribution >= 0.6 is 0 Å². The summed E-state index contributed by atoms with van der Waals surface area (Å²) >= 11 is 0. The Balaban J connectivity index is 2.91. The van der Waals surface area contributed by atoms with Crippen LogP contribution in [0.2, 0.25) is 0 Å². The van der Waals surface area contributed by atoms with Crippen molar-refractivity contribution in [1.82, 2.24) is 0 Å². The molecule has 0 aromatic heterocycles. The van der Waals surface area contributed by atoms with Crippen molar-refractivity contribution in [3.05, 3.63) is 41.0 Å². The van der Waals surface area contributed by atoms with E-state index in [-0.39, 0.29) is 0 Å². The maximum Gasteiger partial charge on any atom is 0.0346 e. The average molecular weight is 240 g/mol. The van der Waals surface area contributed by atoms with Crippen molar-refractivity contribution < 1.29 is 0 Å². The van der Waals surface area contributed by atoms with Gasteiger partial charge in [-0.25, -0.2) is 0 Å². The molecule has 0 radical (unpaired) electrons. The summed E-state index contributed by atoms with van der Waals surface area (Å²) in [6.45, 7) is 14.9. The summed E-state index contributed by atoms with van der Waals surface area (Å²) in [7, 11) is 0. The van der Waals surface area contributed by atoms with Crippen LogP contribution in [0.3, 0.4) is 0 Å². The van der Waals surface area contributed by atoms with E-state index in [9.17, 15) is 0 Å². The molecule has 0 N–H and O–H groups in total. The number of rotatable bonds is 2. The molecule has 0 aliphatic rings. The zero-order chi connectivity index (χ0) is 13.8. The molecule has 0 heterocycles. The van der Waals surface area contributed by atoms with Gasteiger partial charge >= 0.3 is 0 Å². The van der Waals surface area contributed by atoms with E-state index in [0.29, 0.717) is 5.41 Å². The van der Waals surface area contributed by atoms with Crippen LogP contribution in [0.1, 0.15) is 55.9 Å². The molecule has 0 nitrogen and oxygen atoms in total. The van der Waals surface area contributed by atoms with Crippen molar-refractivity contribution in [2.45, 2.75) is 47.5 Å². The molecule has 1 aromatic rings. The predicted octanol–water partition coefficient (Wildman–Crippen LogP) is 5.12. The van der Waals surface area contributed by atoms with Gasteiger partial charge in [0.05, 0.1) is 0 Å². The first-order valence-electron chi connectivity index (χ1n) is 6.56. The third-order valence-corrected chi connectivity index (χ3v) is 2.94. The van der Waals surface area contributed by atoms with Crippen LogP contribution in [-0.4, -0.2) is 0 Å². The van der Waals surface area contributed by atoms with Gasteiger partial charge in [-0.1, -0.05) is 63.0 Å². The molecule has 0 fully saturated rings. The SMILES string of the molecule is C=Cc1cc(C)cc(C)c1C#CCCC(C)(C)C. The second-order valence-electron chi connectivity index (χ2n) is 6.11. The van der Waals surface area contributed by atoms with Gasteiger partial charge in [0.1, 0.15) is 0 Å². The third kappa shape index (κ3) is 4.41. The predicted molar refractivity (Wildman–Crippen MR) is 81.6 cm³/mol. The minimum atomic E-state index is 0.359. The number of benzene rings is 1. The van der Waals surface area contributed by atoms with Gasteiger partial charge < -0.3 is 0 Å². The molecule has 0 saturated heterocycles. The van der Waals surface area contributed by atoms with Gasteiger partial charge in [-0.2, -0.15) is 0 Å². The smallest absolute Gasteiger partial charge is 0.0346 e. The van der Waals surface area contributed by atoms with Gasteiger partial charge in [-0.3, -0.25) is 0 Å². The van der Waals surface area contributed by atoms with Crippen LogP contribution in [0, 0.1) is 31.1 Å². The Bertz CT molecular complexity index is 487. The van der Waals surface area contributed by atoms with Crippen LogP contribution in [0.25, 0.3) is 6.08 Å². The molecule has 0 atom stereocenters. The van der Waals surface area contributed by atoms with Crippen molar-refractivity contribution >= 4 is 6.08 Å². The zero-order valence-corrected chi connectivity index (χ0v) is 12.4. The van der Waals surface area contributed by atoms with Gasteiger partial charge in [-0.15, -0.1) is 0 Å². The number of hydrogen-bond acceptors (Lipinski definition) is 0. The largest absolute Gasteiger partial charge is 0.0984 e. The lowest BCUT2D eigenvalue weighted by Gasteiger charge is -2.15. The maximum absolute atomic E-state index is 3.87. The fourth-order valence-corrected chi connectivity index (χ4v) is 1.92. The highest BCUT2D eigenvalue weighted by Crippen LogP contribution is 2.20. The summed E-state index contributed by atoms with van der Waals surface area (Å²) in [4.78, 5) is 0. The van der Waals surface area contributed by atoms with E-state index in [1.54, 1.807) is 0 Å². The van der Waals surface area contributed by atoms with Crippen molar-refractivity contribution in [3.8, 4) is 11.8 Å². The molecule has 96 valence electrons. The number of hydrogen-bond donors (Lipinski definition) is 0. The highest BCUT2D eigenvalue weighted by atomic mass is 14.1. The Morgan fingerprint density at radius 3 is 2.44 bits per heavy atom. The Kier molecular flexibility index (Phi) is 4.79. The summed E-state index contributed by atoms with van der Waals surface area (Å²) in [5.41, 5.74) is 5.15. The summed E-state index contributed by atoms with van der Waals surface area (Å²) in [5, 5.41) is 0. The van der Waals surface area contributed by atoms with Crippen molar-refractivity contribution in [2.75, 3.05) is 0 Å². The lowest BCUT2D eigenvalue weighted by molar-refractivity contribution is 0.384. The van der Waals surface area contributed by atoms with Crippen LogP contribution in [0.5, 0.6) is 0 Å². The molecular weight excluding hydrogens is 216 g/mol. The van der Waals surface area contributed by atoms with Crippen LogP contribution in [0.15, 0.2) is 18.7 Å². The average Bonchev–Trinajstić information content (AvgIpc) is 2.24. The first kappa shape index (κ1) is 14.6. The summed E-state index contributed by atoms with van der Waals surface area (Å²) < 4.78 is 0. The van der Waals surface area contributed by atoms with E-state index in [4.69, 9.17) is 0 Å². The molecule has 0 aliphatic heterocycles. The molecule has 1 aromatic carbocycles. The summed E-state index contributed by atoms with van der Waals surface area (Å²) in [6, 6.07) is 4.33. The van der Waals surface area contributed by atoms with Gasteiger partial charge in [0.25, 0.3) is 0 Å². The monoisotopic (exact) mass is 240 g/mol. The van der Waals surface area contributed by atoms with Crippen molar-refractivity contribution in [1.29, 1.82) is 0 Å². The molecule has 0 amide bonds. The minimum absolute atomic E-state index is 0.359. The molecule has 0 saturated carbocycles. The third-order valence-electron chi connectivity index (χ3n) is 2.94. The second-order valence-corrected chi connectivity index (χ2v) is 6.11. The Hall–Kier alpha value is -1.48. The molecule has 0 bridgehead atoms. The zero-order valence-electron chi connectivity index (χ0n) is 12.4. The fourth-order valence-electron chi connectivity index (χ4n) is 1.92. The topological polar surface area (TPSA) is 0 Å². The van der Waals surface area contributed by atoms with E-state index < -0.39 is 0 Å². The maximum atomic E-state index is 3.87. The van der Waals surface area contributed by atoms with E-state index in [0.717, 1.165) is 24.0 Å². The van der Waals surface area contributed by atoms with Crippen LogP contribution < -0.4 is 0 Å². The molecule has 0 spiro atoms. The lowest BCUT2D eigenvalue weighted by Crippen LogP contribution is -2.03. The minimum Gasteiger partial charge on any atom is -0.0984 e. The Morgan fingerprint density at radius 1 is 1.22 bits per heavy atom. The van der Waals surface area contributed by atoms with E-state index in [2.05, 4.69) is 65.2 Å². The van der Waals surface area contributed by atoms with Gasteiger partial charge in [0, 0.05) is 12.0 Å². The second kappa shape index (κ2) is 5.91. The first-order valence-corrected chi connectivity index (χ1v) is 6.56. The molecule has 0 unspecified atom stereocenters. The molecular formula is C18H24. The van der Waals surface area contributed by atoms with Crippen molar-refractivity contribution in [2.24, 2.45) is 5.41 Å². The Labute approximate surface area is 112 Å². The van der Waals surface area contributed by atoms with Crippen LogP contribution in [-0.2, 0) is 0 Å². The fraction of sp³-hybridized carbons (Fsp3) is 0.444. The normalized spacial score (nSPS) is 10.7. The molecule has 18 heavy (non-hydrogen) atoms. The summed E-state index contributed by atoms with van der Waals surface area (Å²) in [5.74, 6) is 6.61. The van der Waals surface area contributed by atoms with Crippen molar-refractivity contribution in [3.63, 3.8) is 0 Å². The first-order chi connectivity index (χ1) is 8.33. The molecule has 1 rings (SSSR count). The highest BCUT2D eigenvalue weighted by molar-refractivity contribution is 5.61. The van der Waals surface area contributed by atoms with Gasteiger partial charge in [-0.05, 0) is 36.8 Å². The Morgan fingerprint density at radius 2 is 1.89 bits per heavy atom. The van der Waals surface area contributed by atoms with Gasteiger partial charge in [0.15, 0.2) is 0 Å². The highest BCUT2D eigenvalue weighted by Gasteiger charge is 2.08. The van der Waals surface area contributed by atoms with Crippen LogP contribution in [0.4, 0.5) is 0 Å². The lowest BCUT2D eigenvalue weighted by atomic mass is 9.90.